The van der Waals surface area contributed by atoms with Crippen LogP contribution in [0.1, 0.15) is 0 Å². The van der Waals surface area contributed by atoms with Crippen LogP contribution in [0.5, 0.6) is 5.88 Å². The molecule has 0 N–H and O–H groups in total. The molecule has 0 aromatic carbocycles. The molecule has 2 aromatic rings. The summed E-state index contributed by atoms with van der Waals surface area (Å²) in [5.74, 6) is 1.32. The van der Waals surface area contributed by atoms with E-state index in [0.29, 0.717) is 25.5 Å². The molecule has 7 heteroatoms. The van der Waals surface area contributed by atoms with Gasteiger partial charge in [-0.3, -0.25) is 4.79 Å². The van der Waals surface area contributed by atoms with Gasteiger partial charge >= 0.3 is 0 Å². The van der Waals surface area contributed by atoms with E-state index in [1.54, 1.807) is 30.5 Å². The highest BCUT2D eigenvalue weighted by Crippen LogP contribution is 2.26. The first-order chi connectivity index (χ1) is 10.7. The standard InChI is InChI=1S/C15H15BrN4O2/c1-22-13-9-11(4-6-17-13)20-8-7-19(10-14(20)21)15-12(16)3-2-5-18-15/h2-6,9H,7-8,10H2,1H3. The lowest BCUT2D eigenvalue weighted by Crippen LogP contribution is -2.51. The second kappa shape index (κ2) is 6.31. The van der Waals surface area contributed by atoms with Gasteiger partial charge in [-0.1, -0.05) is 0 Å². The van der Waals surface area contributed by atoms with Gasteiger partial charge in [0, 0.05) is 31.5 Å². The molecule has 0 saturated carbocycles. The zero-order valence-corrected chi connectivity index (χ0v) is 13.7. The van der Waals surface area contributed by atoms with Gasteiger partial charge in [0.25, 0.3) is 0 Å². The number of pyridine rings is 2. The van der Waals surface area contributed by atoms with E-state index in [9.17, 15) is 4.79 Å². The van der Waals surface area contributed by atoms with Crippen LogP contribution in [0.25, 0.3) is 0 Å². The minimum Gasteiger partial charge on any atom is -0.481 e. The van der Waals surface area contributed by atoms with Gasteiger partial charge in [0.1, 0.15) is 5.82 Å². The maximum absolute atomic E-state index is 12.5. The molecule has 0 unspecified atom stereocenters. The monoisotopic (exact) mass is 362 g/mol. The largest absolute Gasteiger partial charge is 0.481 e. The van der Waals surface area contributed by atoms with Gasteiger partial charge in [-0.05, 0) is 34.1 Å². The quantitative estimate of drug-likeness (QED) is 0.836. The average Bonchev–Trinajstić information content (AvgIpc) is 2.55. The fourth-order valence-corrected chi connectivity index (χ4v) is 2.92. The highest BCUT2D eigenvalue weighted by Gasteiger charge is 2.27. The lowest BCUT2D eigenvalue weighted by Gasteiger charge is -2.35. The molecule has 0 radical (unpaired) electrons. The summed E-state index contributed by atoms with van der Waals surface area (Å²) in [6, 6.07) is 7.36. The van der Waals surface area contributed by atoms with Crippen molar-refractivity contribution >= 4 is 33.3 Å². The molecule has 3 rings (SSSR count). The van der Waals surface area contributed by atoms with Crippen LogP contribution in [0.15, 0.2) is 41.1 Å². The number of carbonyl (C=O) groups excluding carboxylic acids is 1. The van der Waals surface area contributed by atoms with Gasteiger partial charge in [0.05, 0.1) is 23.8 Å². The van der Waals surface area contributed by atoms with E-state index >= 15 is 0 Å². The van der Waals surface area contributed by atoms with Crippen molar-refractivity contribution in [3.05, 3.63) is 41.1 Å². The first kappa shape index (κ1) is 14.8. The van der Waals surface area contributed by atoms with Gasteiger partial charge < -0.3 is 14.5 Å². The number of amides is 1. The molecular formula is C15H15BrN4O2. The normalized spacial score (nSPS) is 15.1. The molecule has 3 heterocycles. The first-order valence-corrected chi connectivity index (χ1v) is 7.64. The minimum absolute atomic E-state index is 0.0251. The van der Waals surface area contributed by atoms with E-state index in [-0.39, 0.29) is 5.91 Å². The smallest absolute Gasteiger partial charge is 0.246 e. The number of carbonyl (C=O) groups is 1. The number of nitrogens with zero attached hydrogens (tertiary/aromatic N) is 4. The number of rotatable bonds is 3. The molecule has 114 valence electrons. The summed E-state index contributed by atoms with van der Waals surface area (Å²) in [7, 11) is 1.56. The Hall–Kier alpha value is -2.15. The summed E-state index contributed by atoms with van der Waals surface area (Å²) in [6.45, 7) is 1.60. The third kappa shape index (κ3) is 2.89. The summed E-state index contributed by atoms with van der Waals surface area (Å²) in [5.41, 5.74) is 0.802. The van der Waals surface area contributed by atoms with E-state index in [0.717, 1.165) is 16.0 Å². The number of aromatic nitrogens is 2. The van der Waals surface area contributed by atoms with Crippen molar-refractivity contribution in [2.24, 2.45) is 0 Å². The Kier molecular flexibility index (Phi) is 4.24. The molecule has 1 aliphatic heterocycles. The molecule has 6 nitrogen and oxygen atoms in total. The molecule has 0 spiro atoms. The fraction of sp³-hybridized carbons (Fsp3) is 0.267. The average molecular weight is 363 g/mol. The molecule has 0 bridgehead atoms. The van der Waals surface area contributed by atoms with Crippen molar-refractivity contribution in [3.8, 4) is 5.88 Å². The summed E-state index contributed by atoms with van der Waals surface area (Å²) >= 11 is 3.48. The summed E-state index contributed by atoms with van der Waals surface area (Å²) in [5, 5.41) is 0. The van der Waals surface area contributed by atoms with Crippen molar-refractivity contribution < 1.29 is 9.53 Å². The highest BCUT2D eigenvalue weighted by atomic mass is 79.9. The lowest BCUT2D eigenvalue weighted by molar-refractivity contribution is -0.117. The Bertz CT molecular complexity index is 695. The number of hydrogen-bond donors (Lipinski definition) is 0. The van der Waals surface area contributed by atoms with Crippen molar-refractivity contribution in [2.75, 3.05) is 36.5 Å². The lowest BCUT2D eigenvalue weighted by atomic mass is 10.2. The first-order valence-electron chi connectivity index (χ1n) is 6.85. The third-order valence-corrected chi connectivity index (χ3v) is 4.12. The molecule has 1 amide bonds. The second-order valence-corrected chi connectivity index (χ2v) is 5.69. The second-order valence-electron chi connectivity index (χ2n) is 4.83. The Labute approximate surface area is 136 Å². The maximum Gasteiger partial charge on any atom is 0.246 e. The van der Waals surface area contributed by atoms with Crippen LogP contribution in [0.4, 0.5) is 11.5 Å². The molecule has 0 aliphatic carbocycles. The van der Waals surface area contributed by atoms with Gasteiger partial charge in [-0.2, -0.15) is 0 Å². The number of ether oxygens (including phenoxy) is 1. The SMILES string of the molecule is COc1cc(N2CCN(c3ncccc3Br)CC2=O)ccn1. The van der Waals surface area contributed by atoms with E-state index in [4.69, 9.17) is 4.74 Å². The third-order valence-electron chi connectivity index (χ3n) is 3.50. The highest BCUT2D eigenvalue weighted by molar-refractivity contribution is 9.10. The van der Waals surface area contributed by atoms with Crippen molar-refractivity contribution in [1.29, 1.82) is 0 Å². The number of hydrogen-bond acceptors (Lipinski definition) is 5. The van der Waals surface area contributed by atoms with E-state index in [1.807, 2.05) is 23.1 Å². The van der Waals surface area contributed by atoms with Gasteiger partial charge in [-0.25, -0.2) is 9.97 Å². The van der Waals surface area contributed by atoms with Gasteiger partial charge in [-0.15, -0.1) is 0 Å². The van der Waals surface area contributed by atoms with Crippen molar-refractivity contribution in [1.82, 2.24) is 9.97 Å². The predicted octanol–water partition coefficient (Wildman–Crippen LogP) is 2.10. The summed E-state index contributed by atoms with van der Waals surface area (Å²) < 4.78 is 6.00. The van der Waals surface area contributed by atoms with Crippen LogP contribution in [0, 0.1) is 0 Å². The topological polar surface area (TPSA) is 58.6 Å². The summed E-state index contributed by atoms with van der Waals surface area (Å²) in [6.07, 6.45) is 3.37. The molecule has 2 aromatic heterocycles. The zero-order chi connectivity index (χ0) is 15.5. The predicted molar refractivity (Wildman–Crippen MR) is 87.3 cm³/mol. The maximum atomic E-state index is 12.5. The van der Waals surface area contributed by atoms with Crippen LogP contribution in [-0.2, 0) is 4.79 Å². The molecular weight excluding hydrogens is 348 g/mol. The van der Waals surface area contributed by atoms with E-state index in [2.05, 4.69) is 25.9 Å². The van der Waals surface area contributed by atoms with E-state index in [1.165, 1.54) is 0 Å². The fourth-order valence-electron chi connectivity index (χ4n) is 2.42. The number of methoxy groups -OCH3 is 1. The Balaban J connectivity index is 1.78. The zero-order valence-electron chi connectivity index (χ0n) is 12.1. The molecule has 22 heavy (non-hydrogen) atoms. The molecule has 1 fully saturated rings. The number of anilines is 2. The van der Waals surface area contributed by atoms with Crippen LogP contribution in [0.3, 0.4) is 0 Å². The summed E-state index contributed by atoms with van der Waals surface area (Å²) in [4.78, 5) is 24.6. The van der Waals surface area contributed by atoms with Crippen LogP contribution in [-0.4, -0.2) is 42.6 Å². The molecule has 1 saturated heterocycles. The Morgan fingerprint density at radius 1 is 1.23 bits per heavy atom. The van der Waals surface area contributed by atoms with Gasteiger partial charge in [0.15, 0.2) is 0 Å². The molecule has 0 atom stereocenters. The van der Waals surface area contributed by atoms with Gasteiger partial charge in [0.2, 0.25) is 11.8 Å². The number of piperazine rings is 1. The Morgan fingerprint density at radius 2 is 2.09 bits per heavy atom. The van der Waals surface area contributed by atoms with Crippen LogP contribution < -0.4 is 14.5 Å². The van der Waals surface area contributed by atoms with E-state index < -0.39 is 0 Å². The Morgan fingerprint density at radius 3 is 2.82 bits per heavy atom. The minimum atomic E-state index is 0.0251. The van der Waals surface area contributed by atoms with Crippen LogP contribution in [0.2, 0.25) is 0 Å². The van der Waals surface area contributed by atoms with Crippen molar-refractivity contribution in [2.45, 2.75) is 0 Å². The van der Waals surface area contributed by atoms with Crippen LogP contribution >= 0.6 is 15.9 Å². The number of halogens is 1. The molecule has 1 aliphatic rings. The van der Waals surface area contributed by atoms with Crippen molar-refractivity contribution in [3.63, 3.8) is 0 Å².